The SMILES string of the molecule is COCCOCCOCCOCCOCCOCCOCCOCCOCCOCCC(=O)NCCCC[C@@H](NC(=O)CCC(C)C)C(=O)C(C)C. The Balaban J connectivity index is 3.42. The van der Waals surface area contributed by atoms with E-state index in [-0.39, 0.29) is 29.9 Å². The number of amides is 2. The number of nitrogens with one attached hydrogen (secondary N) is 2. The number of Topliss-reactive ketones (excluding diaryl/α,β-unsaturated/α-hetero) is 1. The number of hydrogen-bond donors (Lipinski definition) is 2. The molecule has 0 aromatic heterocycles. The first-order valence-corrected chi connectivity index (χ1v) is 19.1. The summed E-state index contributed by atoms with van der Waals surface area (Å²) in [6.07, 6.45) is 3.52. The summed E-state index contributed by atoms with van der Waals surface area (Å²) in [5.41, 5.74) is 0. The van der Waals surface area contributed by atoms with Gasteiger partial charge in [-0.3, -0.25) is 14.4 Å². The predicted octanol–water partition coefficient (Wildman–Crippen LogP) is 2.60. The van der Waals surface area contributed by atoms with Crippen molar-refractivity contribution in [3.63, 3.8) is 0 Å². The molecular formula is C37H72N2O13. The molecule has 0 fully saturated rings. The normalized spacial score (nSPS) is 12.1. The van der Waals surface area contributed by atoms with Gasteiger partial charge in [-0.05, 0) is 31.6 Å². The summed E-state index contributed by atoms with van der Waals surface area (Å²) in [6.45, 7) is 17.6. The molecule has 0 saturated carbocycles. The van der Waals surface area contributed by atoms with Crippen molar-refractivity contribution in [2.24, 2.45) is 11.8 Å². The molecule has 52 heavy (non-hydrogen) atoms. The molecule has 0 aromatic carbocycles. The molecule has 308 valence electrons. The van der Waals surface area contributed by atoms with Gasteiger partial charge in [0.25, 0.3) is 0 Å². The quantitative estimate of drug-likeness (QED) is 0.0876. The standard InChI is InChI=1S/C37H72N2O13/c1-32(2)9-10-36(41)39-34(37(42)33(3)4)8-6-7-12-38-35(40)11-13-44-16-17-46-20-21-48-24-25-50-28-29-52-31-30-51-27-26-49-23-22-47-19-18-45-15-14-43-5/h32-34H,6-31H2,1-5H3,(H,38,40)(H,39,41)/t34-/m1/s1. The lowest BCUT2D eigenvalue weighted by Gasteiger charge is -2.20. The second-order valence-electron chi connectivity index (χ2n) is 12.7. The fourth-order valence-corrected chi connectivity index (χ4v) is 4.33. The Bertz CT molecular complexity index is 820. The largest absolute Gasteiger partial charge is 0.382 e. The molecule has 1 atom stereocenters. The van der Waals surface area contributed by atoms with Crippen molar-refractivity contribution in [3.05, 3.63) is 0 Å². The number of carbonyl (C=O) groups excluding carboxylic acids is 3. The second kappa shape index (κ2) is 38.9. The molecule has 0 aliphatic rings. The van der Waals surface area contributed by atoms with E-state index in [0.717, 1.165) is 19.3 Å². The van der Waals surface area contributed by atoms with Gasteiger partial charge >= 0.3 is 0 Å². The number of ketones is 1. The van der Waals surface area contributed by atoms with E-state index >= 15 is 0 Å². The van der Waals surface area contributed by atoms with Crippen LogP contribution in [0.1, 0.15) is 66.2 Å². The number of hydrogen-bond acceptors (Lipinski definition) is 13. The van der Waals surface area contributed by atoms with Crippen LogP contribution >= 0.6 is 0 Å². The average Bonchev–Trinajstić information content (AvgIpc) is 3.12. The zero-order valence-corrected chi connectivity index (χ0v) is 32.9. The van der Waals surface area contributed by atoms with E-state index in [4.69, 9.17) is 47.4 Å². The van der Waals surface area contributed by atoms with Crippen LogP contribution in [0.5, 0.6) is 0 Å². The van der Waals surface area contributed by atoms with Gasteiger partial charge in [-0.1, -0.05) is 27.7 Å². The van der Waals surface area contributed by atoms with Crippen LogP contribution in [0.15, 0.2) is 0 Å². The highest BCUT2D eigenvalue weighted by Gasteiger charge is 2.22. The maximum absolute atomic E-state index is 12.5. The predicted molar refractivity (Wildman–Crippen MR) is 197 cm³/mol. The van der Waals surface area contributed by atoms with Gasteiger partial charge in [0.2, 0.25) is 11.8 Å². The van der Waals surface area contributed by atoms with Gasteiger partial charge in [-0.2, -0.15) is 0 Å². The first kappa shape index (κ1) is 50.2. The van der Waals surface area contributed by atoms with Crippen molar-refractivity contribution >= 4 is 17.6 Å². The van der Waals surface area contributed by atoms with E-state index in [9.17, 15) is 14.4 Å². The Morgan fingerprint density at radius 2 is 0.846 bits per heavy atom. The third-order valence-electron chi connectivity index (χ3n) is 7.32. The maximum Gasteiger partial charge on any atom is 0.222 e. The van der Waals surface area contributed by atoms with Crippen LogP contribution in [-0.4, -0.2) is 163 Å². The number of unbranched alkanes of at least 4 members (excludes halogenated alkanes) is 1. The topological polar surface area (TPSA) is 168 Å². The summed E-state index contributed by atoms with van der Waals surface area (Å²) >= 11 is 0. The van der Waals surface area contributed by atoms with Gasteiger partial charge in [-0.15, -0.1) is 0 Å². The zero-order chi connectivity index (χ0) is 38.3. The Morgan fingerprint density at radius 1 is 0.462 bits per heavy atom. The first-order chi connectivity index (χ1) is 25.3. The van der Waals surface area contributed by atoms with Gasteiger partial charge in [0, 0.05) is 32.4 Å². The van der Waals surface area contributed by atoms with Crippen LogP contribution < -0.4 is 10.6 Å². The second-order valence-corrected chi connectivity index (χ2v) is 12.7. The maximum atomic E-state index is 12.5. The molecule has 0 heterocycles. The number of rotatable bonds is 41. The Labute approximate surface area is 313 Å². The van der Waals surface area contributed by atoms with Crippen LogP contribution in [0, 0.1) is 11.8 Å². The lowest BCUT2D eigenvalue weighted by Crippen LogP contribution is -2.42. The molecule has 0 unspecified atom stereocenters. The Morgan fingerprint density at radius 3 is 1.21 bits per heavy atom. The molecule has 2 N–H and O–H groups in total. The molecule has 0 saturated heterocycles. The fraction of sp³-hybridized carbons (Fsp3) is 0.919. The zero-order valence-electron chi connectivity index (χ0n) is 32.9. The number of carbonyl (C=O) groups is 3. The number of ether oxygens (including phenoxy) is 10. The Kier molecular flexibility index (Phi) is 37.6. The van der Waals surface area contributed by atoms with E-state index in [0.29, 0.717) is 151 Å². The van der Waals surface area contributed by atoms with Crippen molar-refractivity contribution in [2.75, 3.05) is 139 Å². The highest BCUT2D eigenvalue weighted by molar-refractivity contribution is 5.90. The van der Waals surface area contributed by atoms with E-state index in [1.165, 1.54) is 0 Å². The summed E-state index contributed by atoms with van der Waals surface area (Å²) in [4.78, 5) is 36.9. The summed E-state index contributed by atoms with van der Waals surface area (Å²) in [5, 5.41) is 5.79. The molecular weight excluding hydrogens is 680 g/mol. The van der Waals surface area contributed by atoms with Crippen LogP contribution in [0.3, 0.4) is 0 Å². The summed E-state index contributed by atoms with van der Waals surface area (Å²) in [5.74, 6) is 0.177. The molecule has 0 spiro atoms. The molecule has 0 aromatic rings. The van der Waals surface area contributed by atoms with E-state index in [2.05, 4.69) is 24.5 Å². The third kappa shape index (κ3) is 36.6. The molecule has 2 amide bonds. The van der Waals surface area contributed by atoms with E-state index in [1.54, 1.807) is 7.11 Å². The molecule has 0 radical (unpaired) electrons. The molecule has 0 rings (SSSR count). The van der Waals surface area contributed by atoms with E-state index in [1.807, 2.05) is 13.8 Å². The minimum atomic E-state index is -0.474. The van der Waals surface area contributed by atoms with Crippen LogP contribution in [0.4, 0.5) is 0 Å². The van der Waals surface area contributed by atoms with Crippen molar-refractivity contribution in [1.29, 1.82) is 0 Å². The van der Waals surface area contributed by atoms with Crippen molar-refractivity contribution < 1.29 is 61.8 Å². The van der Waals surface area contributed by atoms with Crippen molar-refractivity contribution in [1.82, 2.24) is 10.6 Å². The van der Waals surface area contributed by atoms with Gasteiger partial charge in [-0.25, -0.2) is 0 Å². The van der Waals surface area contributed by atoms with Crippen LogP contribution in [-0.2, 0) is 61.8 Å². The molecule has 0 aliphatic carbocycles. The minimum absolute atomic E-state index is 0.0474. The Hall–Kier alpha value is -1.79. The monoisotopic (exact) mass is 753 g/mol. The highest BCUT2D eigenvalue weighted by Crippen LogP contribution is 2.10. The summed E-state index contributed by atoms with van der Waals surface area (Å²) < 4.78 is 53.9. The van der Waals surface area contributed by atoms with E-state index < -0.39 is 6.04 Å². The molecule has 15 heteroatoms. The smallest absolute Gasteiger partial charge is 0.222 e. The van der Waals surface area contributed by atoms with Crippen molar-refractivity contribution in [2.45, 2.75) is 72.3 Å². The molecule has 15 nitrogen and oxygen atoms in total. The number of methoxy groups -OCH3 is 1. The lowest BCUT2D eigenvalue weighted by molar-refractivity contribution is -0.129. The van der Waals surface area contributed by atoms with Gasteiger partial charge in [0.15, 0.2) is 5.78 Å². The molecule has 0 bridgehead atoms. The van der Waals surface area contributed by atoms with Gasteiger partial charge < -0.3 is 58.0 Å². The van der Waals surface area contributed by atoms with Crippen LogP contribution in [0.2, 0.25) is 0 Å². The summed E-state index contributed by atoms with van der Waals surface area (Å²) in [7, 11) is 1.64. The van der Waals surface area contributed by atoms with Crippen LogP contribution in [0.25, 0.3) is 0 Å². The lowest BCUT2D eigenvalue weighted by atomic mass is 9.96. The minimum Gasteiger partial charge on any atom is -0.382 e. The van der Waals surface area contributed by atoms with Crippen molar-refractivity contribution in [3.8, 4) is 0 Å². The fourth-order valence-electron chi connectivity index (χ4n) is 4.33. The third-order valence-corrected chi connectivity index (χ3v) is 7.32. The first-order valence-electron chi connectivity index (χ1n) is 19.1. The van der Waals surface area contributed by atoms with Gasteiger partial charge in [0.05, 0.1) is 132 Å². The van der Waals surface area contributed by atoms with Gasteiger partial charge in [0.1, 0.15) is 0 Å². The molecule has 0 aliphatic heterocycles. The average molecular weight is 753 g/mol. The highest BCUT2D eigenvalue weighted by atomic mass is 16.6. The summed E-state index contributed by atoms with van der Waals surface area (Å²) in [6, 6.07) is -0.474.